The summed E-state index contributed by atoms with van der Waals surface area (Å²) in [7, 11) is 1.72. The fourth-order valence-electron chi connectivity index (χ4n) is 2.55. The first-order chi connectivity index (χ1) is 14.6. The van der Waals surface area contributed by atoms with Gasteiger partial charge in [0.05, 0.1) is 12.7 Å². The van der Waals surface area contributed by atoms with Gasteiger partial charge in [0, 0.05) is 12.0 Å². The van der Waals surface area contributed by atoms with Crippen LogP contribution in [0.25, 0.3) is 0 Å². The molecule has 0 saturated carbocycles. The second kappa shape index (κ2) is 8.89. The van der Waals surface area contributed by atoms with E-state index in [9.17, 15) is 23.3 Å². The minimum atomic E-state index is -4.69. The number of ether oxygens (including phenoxy) is 3. The first kappa shape index (κ1) is 21.9. The van der Waals surface area contributed by atoms with Crippen LogP contribution in [0, 0.1) is 10.1 Å². The third kappa shape index (κ3) is 6.32. The second-order valence-electron chi connectivity index (χ2n) is 6.41. The number of nitro groups is 1. The number of imidazole rings is 1. The Labute approximate surface area is 173 Å². The number of hydrogen-bond acceptors (Lipinski definition) is 8. The highest BCUT2D eigenvalue weighted by Gasteiger charge is 2.31. The molecule has 11 nitrogen and oxygen atoms in total. The van der Waals surface area contributed by atoms with Crippen molar-refractivity contribution in [2.75, 3.05) is 0 Å². The lowest BCUT2D eigenvalue weighted by Gasteiger charge is -2.09. The number of aromatic nitrogens is 5. The minimum Gasteiger partial charge on any atom is -0.487 e. The molecule has 0 aliphatic carbocycles. The SMILES string of the molecule is CC1Cn2cc([N+](=O)[O-])nc2O1.Cn1cc(COc2ccc(OC(F)(F)F)cc2)nn1. The highest BCUT2D eigenvalue weighted by Crippen LogP contribution is 2.25. The second-order valence-corrected chi connectivity index (χ2v) is 6.41. The van der Waals surface area contributed by atoms with Crippen molar-refractivity contribution in [1.29, 1.82) is 0 Å². The van der Waals surface area contributed by atoms with Gasteiger partial charge in [-0.15, -0.1) is 18.3 Å². The van der Waals surface area contributed by atoms with Crippen molar-refractivity contribution >= 4 is 5.82 Å². The Morgan fingerprint density at radius 1 is 1.26 bits per heavy atom. The van der Waals surface area contributed by atoms with E-state index in [4.69, 9.17) is 9.47 Å². The molecule has 1 aromatic carbocycles. The number of aryl methyl sites for hydroxylation is 1. The number of fused-ring (bicyclic) bond motifs is 1. The maximum atomic E-state index is 11.9. The molecule has 1 atom stereocenters. The topological polar surface area (TPSA) is 119 Å². The summed E-state index contributed by atoms with van der Waals surface area (Å²) >= 11 is 0. The van der Waals surface area contributed by atoms with Crippen LogP contribution in [0.2, 0.25) is 0 Å². The van der Waals surface area contributed by atoms with Crippen LogP contribution >= 0.6 is 0 Å². The molecule has 3 heterocycles. The van der Waals surface area contributed by atoms with Gasteiger partial charge in [-0.05, 0) is 36.1 Å². The Kier molecular flexibility index (Phi) is 6.27. The van der Waals surface area contributed by atoms with Crippen LogP contribution in [0.3, 0.4) is 0 Å². The standard InChI is InChI=1S/C11H10F3N3O2.C6H7N3O3/c1-17-6-8(15-16-17)7-18-9-2-4-10(5-3-9)19-11(12,13)14;1-4-2-8-3-5(9(10)11)7-6(8)12-4/h2-6H,7H2,1H3;3-4H,2H2,1H3. The molecule has 166 valence electrons. The van der Waals surface area contributed by atoms with E-state index in [1.807, 2.05) is 6.92 Å². The Morgan fingerprint density at radius 2 is 1.94 bits per heavy atom. The van der Waals surface area contributed by atoms with Gasteiger partial charge in [0.15, 0.2) is 0 Å². The van der Waals surface area contributed by atoms with E-state index in [1.165, 1.54) is 35.1 Å². The van der Waals surface area contributed by atoms with E-state index < -0.39 is 11.3 Å². The van der Waals surface area contributed by atoms with Gasteiger partial charge in [-0.3, -0.25) is 9.25 Å². The molecule has 1 unspecified atom stereocenters. The molecule has 14 heteroatoms. The van der Waals surface area contributed by atoms with Gasteiger partial charge < -0.3 is 24.3 Å². The molecule has 4 rings (SSSR count). The fraction of sp³-hybridized carbons (Fsp3) is 0.353. The van der Waals surface area contributed by atoms with Crippen molar-refractivity contribution in [3.05, 3.63) is 52.5 Å². The summed E-state index contributed by atoms with van der Waals surface area (Å²) in [4.78, 5) is 13.4. The zero-order valence-corrected chi connectivity index (χ0v) is 16.3. The number of nitrogens with zero attached hydrogens (tertiary/aromatic N) is 6. The van der Waals surface area contributed by atoms with Gasteiger partial charge in [0.2, 0.25) is 0 Å². The van der Waals surface area contributed by atoms with Gasteiger partial charge in [-0.2, -0.15) is 0 Å². The van der Waals surface area contributed by atoms with E-state index in [2.05, 4.69) is 20.0 Å². The third-order valence-electron chi connectivity index (χ3n) is 3.77. The van der Waals surface area contributed by atoms with Crippen LogP contribution in [0.1, 0.15) is 12.6 Å². The highest BCUT2D eigenvalue weighted by atomic mass is 19.4. The predicted molar refractivity (Wildman–Crippen MR) is 97.4 cm³/mol. The van der Waals surface area contributed by atoms with Gasteiger partial charge in [0.1, 0.15) is 36.1 Å². The lowest BCUT2D eigenvalue weighted by Crippen LogP contribution is -2.16. The third-order valence-corrected chi connectivity index (χ3v) is 3.77. The zero-order chi connectivity index (χ0) is 22.6. The number of hydrogen-bond donors (Lipinski definition) is 0. The van der Waals surface area contributed by atoms with E-state index in [1.54, 1.807) is 17.8 Å². The minimum absolute atomic E-state index is 0.0632. The summed E-state index contributed by atoms with van der Waals surface area (Å²) in [6.45, 7) is 2.71. The van der Waals surface area contributed by atoms with Gasteiger partial charge in [-0.1, -0.05) is 5.21 Å². The summed E-state index contributed by atoms with van der Waals surface area (Å²) in [5.41, 5.74) is 0.623. The van der Waals surface area contributed by atoms with E-state index in [0.717, 1.165) is 0 Å². The maximum absolute atomic E-state index is 11.9. The first-order valence-corrected chi connectivity index (χ1v) is 8.81. The van der Waals surface area contributed by atoms with E-state index in [0.29, 0.717) is 24.0 Å². The van der Waals surface area contributed by atoms with Crippen molar-refractivity contribution in [3.8, 4) is 17.5 Å². The molecule has 31 heavy (non-hydrogen) atoms. The molecule has 0 radical (unpaired) electrons. The van der Waals surface area contributed by atoms with Crippen molar-refractivity contribution < 1.29 is 32.3 Å². The summed E-state index contributed by atoms with van der Waals surface area (Å²) in [5.74, 6) is -0.0311. The smallest absolute Gasteiger partial charge is 0.487 e. The first-order valence-electron chi connectivity index (χ1n) is 8.81. The van der Waals surface area contributed by atoms with Crippen molar-refractivity contribution in [1.82, 2.24) is 24.5 Å². The monoisotopic (exact) mass is 442 g/mol. The summed E-state index contributed by atoms with van der Waals surface area (Å²) in [5, 5.41) is 17.8. The van der Waals surface area contributed by atoms with Gasteiger partial charge in [-0.25, -0.2) is 0 Å². The number of rotatable bonds is 5. The van der Waals surface area contributed by atoms with E-state index >= 15 is 0 Å². The molecule has 0 spiro atoms. The van der Waals surface area contributed by atoms with Gasteiger partial charge in [0.25, 0.3) is 0 Å². The van der Waals surface area contributed by atoms with Crippen molar-refractivity contribution in [3.63, 3.8) is 0 Å². The predicted octanol–water partition coefficient (Wildman–Crippen LogP) is 2.86. The van der Waals surface area contributed by atoms with Crippen molar-refractivity contribution in [2.45, 2.75) is 32.5 Å². The Morgan fingerprint density at radius 3 is 2.48 bits per heavy atom. The quantitative estimate of drug-likeness (QED) is 0.437. The Bertz CT molecular complexity index is 1010. The lowest BCUT2D eigenvalue weighted by atomic mass is 10.3. The molecule has 0 bridgehead atoms. The molecule has 0 saturated heterocycles. The largest absolute Gasteiger partial charge is 0.573 e. The van der Waals surface area contributed by atoms with Crippen LogP contribution in [0.15, 0.2) is 36.7 Å². The Balaban J connectivity index is 0.000000194. The molecule has 2 aromatic heterocycles. The average Bonchev–Trinajstić information content (AvgIpc) is 3.35. The van der Waals surface area contributed by atoms with Crippen LogP contribution in [-0.2, 0) is 20.2 Å². The summed E-state index contributed by atoms with van der Waals surface area (Å²) in [6.07, 6.45) is -1.56. The zero-order valence-electron chi connectivity index (χ0n) is 16.3. The number of alkyl halides is 3. The number of benzene rings is 1. The average molecular weight is 442 g/mol. The molecule has 0 amide bonds. The van der Waals surface area contributed by atoms with Crippen LogP contribution in [-0.4, -0.2) is 41.9 Å². The summed E-state index contributed by atoms with van der Waals surface area (Å²) < 4.78 is 53.3. The van der Waals surface area contributed by atoms with Crippen LogP contribution < -0.4 is 14.2 Å². The maximum Gasteiger partial charge on any atom is 0.573 e. The normalized spacial score (nSPS) is 14.8. The van der Waals surface area contributed by atoms with Crippen molar-refractivity contribution in [2.24, 2.45) is 7.05 Å². The van der Waals surface area contributed by atoms with E-state index in [-0.39, 0.29) is 24.3 Å². The number of halogens is 3. The Hall–Kier alpha value is -3.84. The van der Waals surface area contributed by atoms with Crippen LogP contribution in [0.4, 0.5) is 19.0 Å². The fourth-order valence-corrected chi connectivity index (χ4v) is 2.55. The molecule has 1 aliphatic rings. The lowest BCUT2D eigenvalue weighted by molar-refractivity contribution is -0.389. The molecular weight excluding hydrogens is 425 g/mol. The molecule has 1 aliphatic heterocycles. The van der Waals surface area contributed by atoms with Gasteiger partial charge >= 0.3 is 18.2 Å². The molecule has 0 N–H and O–H groups in total. The molecule has 0 fully saturated rings. The molecular formula is C17H17F3N6O5. The molecule has 3 aromatic rings. The van der Waals surface area contributed by atoms with Crippen LogP contribution in [0.5, 0.6) is 17.5 Å². The highest BCUT2D eigenvalue weighted by molar-refractivity contribution is 5.31. The summed E-state index contributed by atoms with van der Waals surface area (Å²) in [6, 6.07) is 5.47.